The number of ether oxygens (including phenoxy) is 1. The van der Waals surface area contributed by atoms with E-state index in [9.17, 15) is 0 Å². The Morgan fingerprint density at radius 1 is 1.44 bits per heavy atom. The third kappa shape index (κ3) is 1.57. The molecule has 2 N–H and O–H groups in total. The highest BCUT2D eigenvalue weighted by Gasteiger charge is 2.61. The molecule has 0 amide bonds. The van der Waals surface area contributed by atoms with Crippen LogP contribution in [-0.2, 0) is 5.41 Å². The predicted molar refractivity (Wildman–Crippen MR) is 69.8 cm³/mol. The number of benzene rings is 1. The Labute approximate surface area is 105 Å². The van der Waals surface area contributed by atoms with E-state index in [1.165, 1.54) is 5.56 Å². The van der Waals surface area contributed by atoms with Crippen LogP contribution in [0.15, 0.2) is 22.7 Å². The van der Waals surface area contributed by atoms with Gasteiger partial charge in [-0.3, -0.25) is 0 Å². The van der Waals surface area contributed by atoms with E-state index in [0.29, 0.717) is 6.54 Å². The Bertz CT molecular complexity index is 416. The van der Waals surface area contributed by atoms with E-state index in [2.05, 4.69) is 35.8 Å². The zero-order valence-electron chi connectivity index (χ0n) is 10.0. The molecule has 0 saturated heterocycles. The average Bonchev–Trinajstić information content (AvgIpc) is 2.83. The Morgan fingerprint density at radius 2 is 2.06 bits per heavy atom. The van der Waals surface area contributed by atoms with Crippen molar-refractivity contribution >= 4 is 15.9 Å². The lowest BCUT2D eigenvalue weighted by atomic mass is 9.88. The highest BCUT2D eigenvalue weighted by atomic mass is 79.9. The maximum Gasteiger partial charge on any atom is 0.119 e. The molecule has 1 aliphatic carbocycles. The van der Waals surface area contributed by atoms with Crippen molar-refractivity contribution in [1.82, 2.24) is 0 Å². The second-order valence-electron chi connectivity index (χ2n) is 5.19. The summed E-state index contributed by atoms with van der Waals surface area (Å²) < 4.78 is 6.41. The summed E-state index contributed by atoms with van der Waals surface area (Å²) in [5.74, 6) is 0.897. The minimum absolute atomic E-state index is 0.111. The maximum absolute atomic E-state index is 5.98. The van der Waals surface area contributed by atoms with Crippen molar-refractivity contribution in [2.45, 2.75) is 25.7 Å². The van der Waals surface area contributed by atoms with E-state index in [4.69, 9.17) is 10.5 Å². The zero-order chi connectivity index (χ0) is 12.0. The van der Waals surface area contributed by atoms with E-state index in [0.717, 1.165) is 16.6 Å². The molecule has 88 valence electrons. The topological polar surface area (TPSA) is 35.2 Å². The van der Waals surface area contributed by atoms with Gasteiger partial charge in [-0.05, 0) is 35.6 Å². The lowest BCUT2D eigenvalue weighted by Gasteiger charge is -2.21. The van der Waals surface area contributed by atoms with Crippen LogP contribution >= 0.6 is 15.9 Å². The van der Waals surface area contributed by atoms with Gasteiger partial charge >= 0.3 is 0 Å². The SMILES string of the molecule is COc1ccc(Br)c(C2(CN)CC2(C)C)c1. The standard InChI is InChI=1S/C13H18BrNO/c1-12(2)7-13(12,8-15)10-6-9(16-3)4-5-11(10)14/h4-6H,7-8,15H2,1-3H3. The van der Waals surface area contributed by atoms with Gasteiger partial charge < -0.3 is 10.5 Å². The summed E-state index contributed by atoms with van der Waals surface area (Å²) in [5.41, 5.74) is 7.65. The lowest BCUT2D eigenvalue weighted by molar-refractivity contribution is 0.412. The molecule has 0 spiro atoms. The van der Waals surface area contributed by atoms with E-state index in [1.54, 1.807) is 7.11 Å². The van der Waals surface area contributed by atoms with Gasteiger partial charge in [0.2, 0.25) is 0 Å². The van der Waals surface area contributed by atoms with Gasteiger partial charge in [0, 0.05) is 16.4 Å². The van der Waals surface area contributed by atoms with E-state index in [1.807, 2.05) is 12.1 Å². The van der Waals surface area contributed by atoms with Crippen LogP contribution in [0.1, 0.15) is 25.8 Å². The molecule has 1 fully saturated rings. The maximum atomic E-state index is 5.98. The fraction of sp³-hybridized carbons (Fsp3) is 0.538. The van der Waals surface area contributed by atoms with Crippen LogP contribution in [0.25, 0.3) is 0 Å². The largest absolute Gasteiger partial charge is 0.497 e. The molecule has 1 unspecified atom stereocenters. The van der Waals surface area contributed by atoms with Crippen LogP contribution in [0.2, 0.25) is 0 Å². The summed E-state index contributed by atoms with van der Waals surface area (Å²) >= 11 is 3.62. The number of hydrogen-bond donors (Lipinski definition) is 1. The Morgan fingerprint density at radius 3 is 2.50 bits per heavy atom. The molecule has 16 heavy (non-hydrogen) atoms. The summed E-state index contributed by atoms with van der Waals surface area (Å²) in [6.45, 7) is 5.23. The van der Waals surface area contributed by atoms with Gasteiger partial charge in [0.1, 0.15) is 5.75 Å². The van der Waals surface area contributed by atoms with Crippen molar-refractivity contribution in [2.24, 2.45) is 11.1 Å². The molecular formula is C13H18BrNO. The molecule has 0 bridgehead atoms. The van der Waals surface area contributed by atoms with Gasteiger partial charge in [0.15, 0.2) is 0 Å². The Hall–Kier alpha value is -0.540. The van der Waals surface area contributed by atoms with Gasteiger partial charge in [0.25, 0.3) is 0 Å². The van der Waals surface area contributed by atoms with Crippen LogP contribution in [0.5, 0.6) is 5.75 Å². The first-order valence-electron chi connectivity index (χ1n) is 5.51. The second-order valence-corrected chi connectivity index (χ2v) is 6.05. The first-order chi connectivity index (χ1) is 7.47. The van der Waals surface area contributed by atoms with Crippen LogP contribution in [0, 0.1) is 5.41 Å². The molecule has 3 heteroatoms. The van der Waals surface area contributed by atoms with Gasteiger partial charge in [0.05, 0.1) is 7.11 Å². The first-order valence-corrected chi connectivity index (χ1v) is 6.30. The third-order valence-corrected chi connectivity index (χ3v) is 4.64. The van der Waals surface area contributed by atoms with Crippen LogP contribution in [0.4, 0.5) is 0 Å². The number of hydrogen-bond acceptors (Lipinski definition) is 2. The summed E-state index contributed by atoms with van der Waals surface area (Å²) in [6, 6.07) is 6.11. The van der Waals surface area contributed by atoms with Gasteiger partial charge in [-0.15, -0.1) is 0 Å². The van der Waals surface area contributed by atoms with E-state index in [-0.39, 0.29) is 10.8 Å². The fourth-order valence-corrected chi connectivity index (χ4v) is 3.25. The number of halogens is 1. The average molecular weight is 284 g/mol. The van der Waals surface area contributed by atoms with Crippen molar-refractivity contribution in [3.05, 3.63) is 28.2 Å². The predicted octanol–water partition coefficient (Wildman–Crippen LogP) is 3.08. The van der Waals surface area contributed by atoms with Crippen molar-refractivity contribution in [3.63, 3.8) is 0 Å². The molecule has 0 aromatic heterocycles. The molecule has 1 aliphatic rings. The third-order valence-electron chi connectivity index (χ3n) is 3.95. The van der Waals surface area contributed by atoms with Crippen molar-refractivity contribution in [2.75, 3.05) is 13.7 Å². The van der Waals surface area contributed by atoms with Crippen molar-refractivity contribution in [1.29, 1.82) is 0 Å². The Kier molecular flexibility index (Phi) is 2.79. The van der Waals surface area contributed by atoms with Gasteiger partial charge in [-0.1, -0.05) is 29.8 Å². The van der Waals surface area contributed by atoms with Gasteiger partial charge in [-0.2, -0.15) is 0 Å². The normalized spacial score (nSPS) is 26.6. The molecule has 1 saturated carbocycles. The molecule has 1 atom stereocenters. The summed E-state index contributed by atoms with van der Waals surface area (Å²) in [7, 11) is 1.69. The monoisotopic (exact) mass is 283 g/mol. The van der Waals surface area contributed by atoms with Gasteiger partial charge in [-0.25, -0.2) is 0 Å². The molecule has 1 aromatic rings. The number of rotatable bonds is 3. The molecular weight excluding hydrogens is 266 g/mol. The number of methoxy groups -OCH3 is 1. The van der Waals surface area contributed by atoms with Crippen LogP contribution in [0.3, 0.4) is 0 Å². The molecule has 1 aromatic carbocycles. The van der Waals surface area contributed by atoms with E-state index < -0.39 is 0 Å². The molecule has 0 heterocycles. The van der Waals surface area contributed by atoms with Crippen LogP contribution < -0.4 is 10.5 Å². The van der Waals surface area contributed by atoms with Crippen molar-refractivity contribution in [3.8, 4) is 5.75 Å². The molecule has 2 rings (SSSR count). The highest BCUT2D eigenvalue weighted by Crippen LogP contribution is 2.64. The molecule has 2 nitrogen and oxygen atoms in total. The molecule has 0 radical (unpaired) electrons. The quantitative estimate of drug-likeness (QED) is 0.925. The summed E-state index contributed by atoms with van der Waals surface area (Å²) in [4.78, 5) is 0. The minimum atomic E-state index is 0.111. The highest BCUT2D eigenvalue weighted by molar-refractivity contribution is 9.10. The van der Waals surface area contributed by atoms with E-state index >= 15 is 0 Å². The molecule has 0 aliphatic heterocycles. The zero-order valence-corrected chi connectivity index (χ0v) is 11.6. The minimum Gasteiger partial charge on any atom is -0.497 e. The van der Waals surface area contributed by atoms with Crippen LogP contribution in [-0.4, -0.2) is 13.7 Å². The Balaban J connectivity index is 2.48. The summed E-state index contributed by atoms with van der Waals surface area (Å²) in [5, 5.41) is 0. The first kappa shape index (κ1) is 11.9. The summed E-state index contributed by atoms with van der Waals surface area (Å²) in [6.07, 6.45) is 1.14. The number of nitrogens with two attached hydrogens (primary N) is 1. The van der Waals surface area contributed by atoms with Crippen molar-refractivity contribution < 1.29 is 4.74 Å². The second kappa shape index (κ2) is 3.74. The lowest BCUT2D eigenvalue weighted by Crippen LogP contribution is -2.25. The smallest absolute Gasteiger partial charge is 0.119 e. The fourth-order valence-electron chi connectivity index (χ4n) is 2.63.